The van der Waals surface area contributed by atoms with Crippen LogP contribution in [-0.2, 0) is 0 Å². The van der Waals surface area contributed by atoms with E-state index in [0.717, 1.165) is 18.4 Å². The van der Waals surface area contributed by atoms with Crippen LogP contribution in [0.15, 0.2) is 30.5 Å². The maximum atomic E-state index is 13.5. The molecule has 3 nitrogen and oxygen atoms in total. The van der Waals surface area contributed by atoms with Gasteiger partial charge in [-0.2, -0.15) is 0 Å². The highest BCUT2D eigenvalue weighted by molar-refractivity contribution is 6.33. The molecule has 0 bridgehead atoms. The standard InChI is InChI=1S/C15H14ClFN2O/c16-12-7-14(18)13(17)6-11(12)9-4-5-15(19-8-9)20-10-2-1-3-10/h4-8,10H,1-3,18H2. The lowest BCUT2D eigenvalue weighted by atomic mass is 9.96. The van der Waals surface area contributed by atoms with Crippen molar-refractivity contribution in [3.8, 4) is 17.0 Å². The summed E-state index contributed by atoms with van der Waals surface area (Å²) in [6, 6.07) is 6.32. The van der Waals surface area contributed by atoms with Crippen LogP contribution in [0.4, 0.5) is 10.1 Å². The van der Waals surface area contributed by atoms with E-state index in [-0.39, 0.29) is 11.8 Å². The Morgan fingerprint density at radius 3 is 2.70 bits per heavy atom. The molecule has 1 aromatic heterocycles. The highest BCUT2D eigenvalue weighted by Crippen LogP contribution is 2.32. The zero-order valence-electron chi connectivity index (χ0n) is 10.8. The third kappa shape index (κ3) is 2.56. The number of hydrogen-bond donors (Lipinski definition) is 1. The van der Waals surface area contributed by atoms with Gasteiger partial charge in [0.25, 0.3) is 0 Å². The first kappa shape index (κ1) is 13.2. The zero-order chi connectivity index (χ0) is 14.1. The van der Waals surface area contributed by atoms with Crippen LogP contribution in [-0.4, -0.2) is 11.1 Å². The first-order valence-electron chi connectivity index (χ1n) is 6.51. The number of nitrogen functional groups attached to an aromatic ring is 1. The van der Waals surface area contributed by atoms with E-state index in [2.05, 4.69) is 4.98 Å². The van der Waals surface area contributed by atoms with Gasteiger partial charge in [0.05, 0.1) is 10.7 Å². The molecule has 1 saturated carbocycles. The summed E-state index contributed by atoms with van der Waals surface area (Å²) < 4.78 is 19.2. The number of rotatable bonds is 3. The summed E-state index contributed by atoms with van der Waals surface area (Å²) in [6.45, 7) is 0. The van der Waals surface area contributed by atoms with E-state index >= 15 is 0 Å². The van der Waals surface area contributed by atoms with Crippen molar-refractivity contribution in [2.45, 2.75) is 25.4 Å². The van der Waals surface area contributed by atoms with E-state index in [4.69, 9.17) is 22.1 Å². The second kappa shape index (κ2) is 5.29. The molecule has 1 aromatic carbocycles. The maximum absolute atomic E-state index is 13.5. The molecule has 1 aliphatic carbocycles. The number of anilines is 1. The molecule has 104 valence electrons. The summed E-state index contributed by atoms with van der Waals surface area (Å²) in [5.41, 5.74) is 6.81. The predicted molar refractivity (Wildman–Crippen MR) is 77.3 cm³/mol. The second-order valence-electron chi connectivity index (χ2n) is 4.91. The number of benzene rings is 1. The summed E-state index contributed by atoms with van der Waals surface area (Å²) in [6.07, 6.45) is 5.29. The van der Waals surface area contributed by atoms with E-state index in [0.29, 0.717) is 16.5 Å². The Balaban J connectivity index is 1.85. The van der Waals surface area contributed by atoms with Crippen molar-refractivity contribution in [2.24, 2.45) is 0 Å². The Bertz CT molecular complexity index is 627. The van der Waals surface area contributed by atoms with Crippen LogP contribution in [0.5, 0.6) is 5.88 Å². The van der Waals surface area contributed by atoms with Crippen molar-refractivity contribution in [3.63, 3.8) is 0 Å². The largest absolute Gasteiger partial charge is 0.474 e. The predicted octanol–water partition coefficient (Wildman–Crippen LogP) is 4.05. The van der Waals surface area contributed by atoms with E-state index in [1.54, 1.807) is 12.3 Å². The van der Waals surface area contributed by atoms with E-state index in [1.807, 2.05) is 6.07 Å². The normalized spacial score (nSPS) is 14.9. The number of pyridine rings is 1. The van der Waals surface area contributed by atoms with Gasteiger partial charge in [0.2, 0.25) is 5.88 Å². The zero-order valence-corrected chi connectivity index (χ0v) is 11.5. The van der Waals surface area contributed by atoms with E-state index in [9.17, 15) is 4.39 Å². The van der Waals surface area contributed by atoms with Gasteiger partial charge < -0.3 is 10.5 Å². The minimum atomic E-state index is -0.487. The molecule has 1 aliphatic rings. The third-order valence-corrected chi connectivity index (χ3v) is 3.79. The highest BCUT2D eigenvalue weighted by atomic mass is 35.5. The first-order valence-corrected chi connectivity index (χ1v) is 6.89. The third-order valence-electron chi connectivity index (χ3n) is 3.47. The molecule has 0 amide bonds. The average molecular weight is 293 g/mol. The minimum Gasteiger partial charge on any atom is -0.474 e. The molecule has 0 aliphatic heterocycles. The molecule has 1 fully saturated rings. The molecule has 0 saturated heterocycles. The molecule has 0 radical (unpaired) electrons. The molecule has 0 atom stereocenters. The molecular formula is C15H14ClFN2O. The van der Waals surface area contributed by atoms with Crippen LogP contribution in [0, 0.1) is 5.82 Å². The number of nitrogens with zero attached hydrogens (tertiary/aromatic N) is 1. The van der Waals surface area contributed by atoms with Gasteiger partial charge in [-0.15, -0.1) is 0 Å². The van der Waals surface area contributed by atoms with E-state index in [1.165, 1.54) is 18.6 Å². The van der Waals surface area contributed by atoms with Crippen molar-refractivity contribution in [1.82, 2.24) is 4.98 Å². The van der Waals surface area contributed by atoms with Crippen molar-refractivity contribution < 1.29 is 9.13 Å². The summed E-state index contributed by atoms with van der Waals surface area (Å²) in [5.74, 6) is 0.102. The summed E-state index contributed by atoms with van der Waals surface area (Å²) >= 11 is 6.09. The SMILES string of the molecule is Nc1cc(Cl)c(-c2ccc(OC3CCC3)nc2)cc1F. The average Bonchev–Trinajstić information content (AvgIpc) is 2.39. The molecule has 2 aromatic rings. The van der Waals surface area contributed by atoms with Crippen LogP contribution in [0.1, 0.15) is 19.3 Å². The van der Waals surface area contributed by atoms with Gasteiger partial charge in [-0.3, -0.25) is 0 Å². The fraction of sp³-hybridized carbons (Fsp3) is 0.267. The number of hydrogen-bond acceptors (Lipinski definition) is 3. The molecule has 3 rings (SSSR count). The molecule has 2 N–H and O–H groups in total. The lowest BCUT2D eigenvalue weighted by Gasteiger charge is -2.25. The van der Waals surface area contributed by atoms with Crippen LogP contribution in [0.3, 0.4) is 0 Å². The molecular weight excluding hydrogens is 279 g/mol. The Morgan fingerprint density at radius 1 is 1.30 bits per heavy atom. The fourth-order valence-corrected chi connectivity index (χ4v) is 2.33. The Labute approximate surface area is 121 Å². The van der Waals surface area contributed by atoms with Crippen LogP contribution >= 0.6 is 11.6 Å². The van der Waals surface area contributed by atoms with Crippen molar-refractivity contribution in [2.75, 3.05) is 5.73 Å². The van der Waals surface area contributed by atoms with Crippen LogP contribution < -0.4 is 10.5 Å². The molecule has 1 heterocycles. The Kier molecular flexibility index (Phi) is 3.49. The number of halogens is 2. The van der Waals surface area contributed by atoms with Gasteiger partial charge in [-0.1, -0.05) is 11.6 Å². The number of aromatic nitrogens is 1. The Morgan fingerprint density at radius 2 is 2.10 bits per heavy atom. The van der Waals surface area contributed by atoms with Gasteiger partial charge in [0, 0.05) is 23.4 Å². The quantitative estimate of drug-likeness (QED) is 0.868. The molecule has 0 spiro atoms. The lowest BCUT2D eigenvalue weighted by Crippen LogP contribution is -2.24. The fourth-order valence-electron chi connectivity index (χ4n) is 2.05. The van der Waals surface area contributed by atoms with Gasteiger partial charge in [0.1, 0.15) is 11.9 Å². The van der Waals surface area contributed by atoms with Gasteiger partial charge in [-0.25, -0.2) is 9.37 Å². The molecule has 5 heteroatoms. The monoisotopic (exact) mass is 292 g/mol. The first-order chi connectivity index (χ1) is 9.63. The van der Waals surface area contributed by atoms with Gasteiger partial charge in [0.15, 0.2) is 0 Å². The second-order valence-corrected chi connectivity index (χ2v) is 5.32. The maximum Gasteiger partial charge on any atom is 0.213 e. The highest BCUT2D eigenvalue weighted by Gasteiger charge is 2.19. The van der Waals surface area contributed by atoms with Crippen LogP contribution in [0.25, 0.3) is 11.1 Å². The van der Waals surface area contributed by atoms with Gasteiger partial charge in [-0.05, 0) is 37.5 Å². The van der Waals surface area contributed by atoms with Crippen LogP contribution in [0.2, 0.25) is 5.02 Å². The van der Waals surface area contributed by atoms with Crippen molar-refractivity contribution in [1.29, 1.82) is 0 Å². The summed E-state index contributed by atoms with van der Waals surface area (Å²) in [7, 11) is 0. The van der Waals surface area contributed by atoms with Crippen molar-refractivity contribution in [3.05, 3.63) is 41.3 Å². The van der Waals surface area contributed by atoms with Gasteiger partial charge >= 0.3 is 0 Å². The topological polar surface area (TPSA) is 48.1 Å². The smallest absolute Gasteiger partial charge is 0.213 e. The number of nitrogens with two attached hydrogens (primary N) is 1. The van der Waals surface area contributed by atoms with Crippen molar-refractivity contribution >= 4 is 17.3 Å². The van der Waals surface area contributed by atoms with E-state index < -0.39 is 5.82 Å². The number of ether oxygens (including phenoxy) is 1. The Hall–Kier alpha value is -1.81. The summed E-state index contributed by atoms with van der Waals surface area (Å²) in [5, 5.41) is 0.401. The molecule has 20 heavy (non-hydrogen) atoms. The lowest BCUT2D eigenvalue weighted by molar-refractivity contribution is 0.114. The summed E-state index contributed by atoms with van der Waals surface area (Å²) in [4.78, 5) is 4.24. The minimum absolute atomic E-state index is 0.0386. The molecule has 0 unspecified atom stereocenters.